The van der Waals surface area contributed by atoms with E-state index < -0.39 is 0 Å². The first-order valence-electron chi connectivity index (χ1n) is 17.2. The second-order valence-corrected chi connectivity index (χ2v) is 13.7. The van der Waals surface area contributed by atoms with Gasteiger partial charge in [-0.3, -0.25) is 9.55 Å². The molecule has 0 unspecified atom stereocenters. The average Bonchev–Trinajstić information content (AvgIpc) is 3.91. The van der Waals surface area contributed by atoms with Gasteiger partial charge < -0.3 is 4.40 Å². The molecule has 0 atom stereocenters. The molecule has 4 nitrogen and oxygen atoms in total. The molecule has 0 spiro atoms. The molecule has 1 aliphatic rings. The standard InChI is InChI=1S/C46H24N4/c1-2-13-27-25(10-1)22-23-35-40-39-34-20-9-17-29-28-14-5-6-21-36(28)49(44(29)34)45(39)30-15-3-4-16-31(30)46(40)50(43(27)35)37-24-47-41-32-18-7-11-26-12-8-19-33(38(26)32)42(41)48-37/h1-24H. The van der Waals surface area contributed by atoms with Crippen molar-refractivity contribution in [2.75, 3.05) is 0 Å². The Balaban J connectivity index is 1.30. The molecule has 0 amide bonds. The molecule has 4 heterocycles. The van der Waals surface area contributed by atoms with Crippen LogP contribution in [0.4, 0.5) is 0 Å². The molecule has 8 aromatic carbocycles. The largest absolute Gasteiger partial charge is 0.307 e. The predicted molar refractivity (Wildman–Crippen MR) is 208 cm³/mol. The lowest BCUT2D eigenvalue weighted by atomic mass is 9.98. The zero-order chi connectivity index (χ0) is 32.2. The second-order valence-electron chi connectivity index (χ2n) is 13.7. The van der Waals surface area contributed by atoms with Crippen LogP contribution in [-0.4, -0.2) is 18.9 Å². The van der Waals surface area contributed by atoms with Crippen LogP contribution < -0.4 is 0 Å². The molecule has 0 N–H and O–H groups in total. The fourth-order valence-electron chi connectivity index (χ4n) is 9.49. The molecule has 1 aliphatic carbocycles. The maximum Gasteiger partial charge on any atom is 0.156 e. The quantitative estimate of drug-likeness (QED) is 0.180. The molecule has 12 aromatic rings. The van der Waals surface area contributed by atoms with E-state index in [9.17, 15) is 0 Å². The first-order chi connectivity index (χ1) is 24.8. The van der Waals surface area contributed by atoms with Gasteiger partial charge in [0.1, 0.15) is 0 Å². The van der Waals surface area contributed by atoms with Crippen molar-refractivity contribution in [3.63, 3.8) is 0 Å². The minimum absolute atomic E-state index is 0.830. The number of aromatic nitrogens is 4. The Morgan fingerprint density at radius 3 is 1.84 bits per heavy atom. The number of hydrogen-bond acceptors (Lipinski definition) is 2. The third-order valence-electron chi connectivity index (χ3n) is 11.4. The van der Waals surface area contributed by atoms with Gasteiger partial charge in [-0.15, -0.1) is 0 Å². The molecular formula is C46H24N4. The maximum atomic E-state index is 5.55. The predicted octanol–water partition coefficient (Wildman–Crippen LogP) is 11.8. The van der Waals surface area contributed by atoms with Gasteiger partial charge in [0, 0.05) is 65.0 Å². The van der Waals surface area contributed by atoms with E-state index in [1.807, 2.05) is 6.20 Å². The molecular weight excluding hydrogens is 609 g/mol. The van der Waals surface area contributed by atoms with Crippen LogP contribution in [-0.2, 0) is 0 Å². The smallest absolute Gasteiger partial charge is 0.156 e. The third kappa shape index (κ3) is 2.80. The van der Waals surface area contributed by atoms with Crippen molar-refractivity contribution in [2.24, 2.45) is 0 Å². The minimum Gasteiger partial charge on any atom is -0.307 e. The highest BCUT2D eigenvalue weighted by Crippen LogP contribution is 2.50. The lowest BCUT2D eigenvalue weighted by molar-refractivity contribution is 1.06. The van der Waals surface area contributed by atoms with Crippen LogP contribution in [0.2, 0.25) is 0 Å². The average molecular weight is 633 g/mol. The van der Waals surface area contributed by atoms with Gasteiger partial charge in [0.05, 0.1) is 45.2 Å². The summed E-state index contributed by atoms with van der Waals surface area (Å²) in [6, 6.07) is 50.9. The highest BCUT2D eigenvalue weighted by molar-refractivity contribution is 6.40. The van der Waals surface area contributed by atoms with Crippen LogP contribution in [0.15, 0.2) is 146 Å². The van der Waals surface area contributed by atoms with Gasteiger partial charge in [0.15, 0.2) is 5.82 Å². The Hall–Kier alpha value is -6.78. The molecule has 0 saturated carbocycles. The van der Waals surface area contributed by atoms with Crippen molar-refractivity contribution < 1.29 is 0 Å². The Labute approximate surface area is 284 Å². The van der Waals surface area contributed by atoms with E-state index in [-0.39, 0.29) is 0 Å². The molecule has 0 saturated heterocycles. The van der Waals surface area contributed by atoms with E-state index in [1.165, 1.54) is 86.7 Å². The summed E-state index contributed by atoms with van der Waals surface area (Å²) >= 11 is 0. The topological polar surface area (TPSA) is 35.1 Å². The number of nitrogens with zero attached hydrogens (tertiary/aromatic N) is 4. The Kier molecular flexibility index (Phi) is 4.36. The Morgan fingerprint density at radius 1 is 0.380 bits per heavy atom. The molecule has 0 radical (unpaired) electrons. The fourth-order valence-corrected chi connectivity index (χ4v) is 9.49. The van der Waals surface area contributed by atoms with Crippen molar-refractivity contribution in [2.45, 2.75) is 0 Å². The van der Waals surface area contributed by atoms with Crippen LogP contribution in [0.5, 0.6) is 0 Å². The van der Waals surface area contributed by atoms with Gasteiger partial charge in [0.25, 0.3) is 0 Å². The molecule has 50 heavy (non-hydrogen) atoms. The lowest BCUT2D eigenvalue weighted by Gasteiger charge is -2.13. The Bertz CT molecular complexity index is 3490. The highest BCUT2D eigenvalue weighted by atomic mass is 15.1. The van der Waals surface area contributed by atoms with Crippen LogP contribution in [0.1, 0.15) is 0 Å². The lowest BCUT2D eigenvalue weighted by Crippen LogP contribution is -2.01. The van der Waals surface area contributed by atoms with Gasteiger partial charge in [-0.1, -0.05) is 133 Å². The fraction of sp³-hybridized carbons (Fsp3) is 0. The van der Waals surface area contributed by atoms with E-state index >= 15 is 0 Å². The molecule has 0 fully saturated rings. The molecule has 4 heteroatoms. The SMILES string of the molecule is c1cc2c3c(cccc3c1)-c1nc(-n3c4c5ccccc5ccc4c4c5c6cccc7c8ccccc8n(c76)c5c5ccccc5c43)cnc1-2. The maximum absolute atomic E-state index is 5.55. The van der Waals surface area contributed by atoms with Gasteiger partial charge in [-0.05, 0) is 16.8 Å². The van der Waals surface area contributed by atoms with Crippen LogP contribution in [0, 0.1) is 0 Å². The first kappa shape index (κ1) is 25.3. The first-order valence-corrected chi connectivity index (χ1v) is 17.2. The summed E-state index contributed by atoms with van der Waals surface area (Å²) in [5.74, 6) is 0.830. The minimum atomic E-state index is 0.830. The molecule has 228 valence electrons. The van der Waals surface area contributed by atoms with Gasteiger partial charge in [-0.25, -0.2) is 4.98 Å². The highest BCUT2D eigenvalue weighted by Gasteiger charge is 2.29. The van der Waals surface area contributed by atoms with Crippen molar-refractivity contribution in [3.8, 4) is 28.3 Å². The van der Waals surface area contributed by atoms with Gasteiger partial charge in [-0.2, -0.15) is 0 Å². The Morgan fingerprint density at radius 2 is 0.980 bits per heavy atom. The number of rotatable bonds is 1. The monoisotopic (exact) mass is 632 g/mol. The summed E-state index contributed by atoms with van der Waals surface area (Å²) in [7, 11) is 0. The van der Waals surface area contributed by atoms with Crippen LogP contribution >= 0.6 is 0 Å². The normalized spacial score (nSPS) is 12.8. The van der Waals surface area contributed by atoms with Crippen molar-refractivity contribution >= 4 is 92.2 Å². The second kappa shape index (κ2) is 8.62. The van der Waals surface area contributed by atoms with Crippen LogP contribution in [0.3, 0.4) is 0 Å². The van der Waals surface area contributed by atoms with Crippen molar-refractivity contribution in [1.82, 2.24) is 18.9 Å². The summed E-state index contributed by atoms with van der Waals surface area (Å²) < 4.78 is 4.94. The number of benzene rings is 8. The number of para-hydroxylation sites is 2. The summed E-state index contributed by atoms with van der Waals surface area (Å²) in [5, 5.41) is 14.9. The summed E-state index contributed by atoms with van der Waals surface area (Å²) in [5.41, 5.74) is 10.3. The van der Waals surface area contributed by atoms with E-state index in [0.717, 1.165) is 33.8 Å². The van der Waals surface area contributed by atoms with Crippen molar-refractivity contribution in [3.05, 3.63) is 146 Å². The van der Waals surface area contributed by atoms with Gasteiger partial charge in [0.2, 0.25) is 0 Å². The molecule has 0 bridgehead atoms. The van der Waals surface area contributed by atoms with Gasteiger partial charge >= 0.3 is 0 Å². The molecule has 13 rings (SSSR count). The number of fused-ring (bicyclic) bond motifs is 18. The van der Waals surface area contributed by atoms with E-state index in [2.05, 4.69) is 148 Å². The van der Waals surface area contributed by atoms with Crippen LogP contribution in [0.25, 0.3) is 121 Å². The zero-order valence-electron chi connectivity index (χ0n) is 26.6. The summed E-state index contributed by atoms with van der Waals surface area (Å²) in [6.45, 7) is 0. The summed E-state index contributed by atoms with van der Waals surface area (Å²) in [4.78, 5) is 10.8. The molecule has 0 aliphatic heterocycles. The molecule has 4 aromatic heterocycles. The summed E-state index contributed by atoms with van der Waals surface area (Å²) in [6.07, 6.45) is 1.99. The number of hydrogen-bond donors (Lipinski definition) is 0. The van der Waals surface area contributed by atoms with E-state index in [1.54, 1.807) is 0 Å². The third-order valence-corrected chi connectivity index (χ3v) is 11.4. The zero-order valence-corrected chi connectivity index (χ0v) is 26.6. The van der Waals surface area contributed by atoms with E-state index in [4.69, 9.17) is 9.97 Å². The van der Waals surface area contributed by atoms with E-state index in [0.29, 0.717) is 0 Å². The van der Waals surface area contributed by atoms with Crippen molar-refractivity contribution in [1.29, 1.82) is 0 Å².